The van der Waals surface area contributed by atoms with E-state index in [1.54, 1.807) is 37.0 Å². The summed E-state index contributed by atoms with van der Waals surface area (Å²) in [6, 6.07) is 0. The van der Waals surface area contributed by atoms with E-state index in [2.05, 4.69) is 68.5 Å². The second-order valence-electron chi connectivity index (χ2n) is 22.1. The standard InChI is InChI=1S/C31H65P.C30H63P/c1-6-9-12-13-14-15-16-17-18-19-20-21-22-23-24-25-26-29-32(27-10-7-2,28-11-8-3)30-31(4)5;1-6-9-12-13-14-15-16-17-18-19-20-21-22-23-24-25-28-31(26-10-7-2,27-11-8-3)29-30(4)5/h32H,4,6-30H2,1-3,5H3;31H,4,6-29H2,1-3,5H3. The van der Waals surface area contributed by atoms with Crippen molar-refractivity contribution in [1.29, 1.82) is 0 Å². The molecule has 0 aromatic carbocycles. The molecule has 0 atom stereocenters. The third-order valence-electron chi connectivity index (χ3n) is 15.0. The summed E-state index contributed by atoms with van der Waals surface area (Å²) in [5, 5.41) is 0. The Hall–Kier alpha value is 0.340. The van der Waals surface area contributed by atoms with Crippen molar-refractivity contribution in [2.24, 2.45) is 0 Å². The normalized spacial score (nSPS) is 12.4. The van der Waals surface area contributed by atoms with E-state index in [1.165, 1.54) is 287 Å². The topological polar surface area (TPSA) is 0 Å². The van der Waals surface area contributed by atoms with E-state index in [0.29, 0.717) is 0 Å². The second-order valence-corrected chi connectivity index (χ2v) is 31.8. The van der Waals surface area contributed by atoms with Gasteiger partial charge in [0.15, 0.2) is 0 Å². The summed E-state index contributed by atoms with van der Waals surface area (Å²) in [4.78, 5) is 0. The van der Waals surface area contributed by atoms with Gasteiger partial charge in [-0.1, -0.05) is 84.5 Å². The van der Waals surface area contributed by atoms with Crippen molar-refractivity contribution in [2.75, 3.05) is 49.3 Å². The zero-order valence-corrected chi connectivity index (χ0v) is 48.1. The molecular formula is C61H128P2. The van der Waals surface area contributed by atoms with Crippen molar-refractivity contribution in [3.63, 3.8) is 0 Å². The Morgan fingerprint density at radius 1 is 0.222 bits per heavy atom. The first kappa shape index (κ1) is 65.4. The van der Waals surface area contributed by atoms with Crippen LogP contribution in [0.3, 0.4) is 0 Å². The molecule has 0 saturated carbocycles. The Balaban J connectivity index is 0. The van der Waals surface area contributed by atoms with Gasteiger partial charge in [-0.25, -0.2) is 0 Å². The first-order valence-corrected chi connectivity index (χ1v) is 35.6. The Labute approximate surface area is 404 Å². The van der Waals surface area contributed by atoms with Crippen LogP contribution in [0.4, 0.5) is 0 Å². The van der Waals surface area contributed by atoms with Crippen molar-refractivity contribution < 1.29 is 0 Å². The fraction of sp³-hybridized carbons (Fsp3) is 0.934. The molecule has 0 amide bonds. The molecule has 0 aliphatic heterocycles. The number of hydrogen-bond donors (Lipinski definition) is 0. The number of unbranched alkanes of at least 4 members (excludes halogenated alkanes) is 35. The van der Waals surface area contributed by atoms with Gasteiger partial charge in [-0.15, -0.1) is 0 Å². The molecule has 0 saturated heterocycles. The van der Waals surface area contributed by atoms with Crippen molar-refractivity contribution >= 4 is 14.5 Å². The van der Waals surface area contributed by atoms with Crippen LogP contribution in [-0.4, -0.2) is 49.3 Å². The molecule has 0 aromatic heterocycles. The summed E-state index contributed by atoms with van der Waals surface area (Å²) < 4.78 is 0. The first-order chi connectivity index (χ1) is 30.7. The Morgan fingerprint density at radius 2 is 0.365 bits per heavy atom. The maximum atomic E-state index is 4.32. The smallest absolute Gasteiger partial charge is 0.0654 e. The summed E-state index contributed by atoms with van der Waals surface area (Å²) in [5.41, 5.74) is 2.94. The van der Waals surface area contributed by atoms with Crippen LogP contribution in [0.25, 0.3) is 0 Å². The SMILES string of the molecule is C=C(C)C[PH](CCCC)(CCCC)CCCCCCCCCCCCCCCCCC.C=C(C)C[PH](CCCC)(CCCC)CCCCCCCCCCCCCCCCCCC. The predicted octanol–water partition coefficient (Wildman–Crippen LogP) is 22.7. The van der Waals surface area contributed by atoms with Crippen LogP contribution in [0.1, 0.15) is 319 Å². The number of allylic oxidation sites excluding steroid dienone is 2. The molecule has 63 heavy (non-hydrogen) atoms. The van der Waals surface area contributed by atoms with E-state index < -0.39 is 14.5 Å². The molecule has 0 radical (unpaired) electrons. The van der Waals surface area contributed by atoms with Gasteiger partial charge in [0.25, 0.3) is 0 Å². The van der Waals surface area contributed by atoms with E-state index >= 15 is 0 Å². The van der Waals surface area contributed by atoms with Gasteiger partial charge < -0.3 is 0 Å². The number of hydrogen-bond acceptors (Lipinski definition) is 0. The summed E-state index contributed by atoms with van der Waals surface area (Å²) in [7, 11) is -2.22. The first-order valence-electron chi connectivity index (χ1n) is 30.0. The van der Waals surface area contributed by atoms with E-state index in [-0.39, 0.29) is 0 Å². The van der Waals surface area contributed by atoms with Crippen molar-refractivity contribution in [3.8, 4) is 0 Å². The summed E-state index contributed by atoms with van der Waals surface area (Å²) in [5.74, 6) is 0. The average Bonchev–Trinajstić information content (AvgIpc) is 3.26. The molecule has 2 heteroatoms. The Morgan fingerprint density at radius 3 is 0.524 bits per heavy atom. The van der Waals surface area contributed by atoms with Crippen LogP contribution in [0, 0.1) is 0 Å². The zero-order valence-electron chi connectivity index (χ0n) is 46.1. The molecule has 0 nitrogen and oxygen atoms in total. The quantitative estimate of drug-likeness (QED) is 0.0324. The van der Waals surface area contributed by atoms with Gasteiger partial charge in [0, 0.05) is 0 Å². The van der Waals surface area contributed by atoms with E-state index in [0.717, 1.165) is 0 Å². The molecular weight excluding hydrogens is 795 g/mol. The maximum absolute atomic E-state index is 4.32. The van der Waals surface area contributed by atoms with E-state index in [9.17, 15) is 0 Å². The molecule has 0 heterocycles. The zero-order chi connectivity index (χ0) is 46.8. The molecule has 0 aromatic rings. The minimum absolute atomic E-state index is 1.11. The molecule has 0 unspecified atom stereocenters. The minimum Gasteiger partial charge on any atom is -0.0654 e. The van der Waals surface area contributed by atoms with Crippen LogP contribution in [0.5, 0.6) is 0 Å². The number of rotatable bonds is 51. The monoisotopic (exact) mass is 923 g/mol. The van der Waals surface area contributed by atoms with Crippen molar-refractivity contribution in [2.45, 2.75) is 319 Å². The van der Waals surface area contributed by atoms with Gasteiger partial charge in [0.05, 0.1) is 0 Å². The summed E-state index contributed by atoms with van der Waals surface area (Å²) in [6.45, 7) is 27.3. The molecule has 0 rings (SSSR count). The van der Waals surface area contributed by atoms with E-state index in [1.807, 2.05) is 0 Å². The third-order valence-corrected chi connectivity index (χ3v) is 26.2. The van der Waals surface area contributed by atoms with Gasteiger partial charge in [0.1, 0.15) is 0 Å². The fourth-order valence-electron chi connectivity index (χ4n) is 11.0. The average molecular weight is 924 g/mol. The van der Waals surface area contributed by atoms with Gasteiger partial charge in [-0.2, -0.15) is 0 Å². The Bertz CT molecular complexity index is 889. The Kier molecular flexibility index (Phi) is 53.7. The van der Waals surface area contributed by atoms with Gasteiger partial charge in [-0.3, -0.25) is 0 Å². The molecule has 382 valence electrons. The predicted molar refractivity (Wildman–Crippen MR) is 309 cm³/mol. The molecule has 0 aliphatic carbocycles. The molecule has 0 bridgehead atoms. The van der Waals surface area contributed by atoms with Gasteiger partial charge in [0.2, 0.25) is 0 Å². The third kappa shape index (κ3) is 47.2. The van der Waals surface area contributed by atoms with Crippen LogP contribution in [-0.2, 0) is 0 Å². The molecule has 0 spiro atoms. The van der Waals surface area contributed by atoms with Crippen molar-refractivity contribution in [3.05, 3.63) is 24.3 Å². The molecule has 0 aliphatic rings. The molecule has 0 fully saturated rings. The van der Waals surface area contributed by atoms with E-state index in [4.69, 9.17) is 0 Å². The van der Waals surface area contributed by atoms with Crippen LogP contribution >= 0.6 is 14.5 Å². The van der Waals surface area contributed by atoms with Gasteiger partial charge >= 0.3 is 322 Å². The van der Waals surface area contributed by atoms with Crippen molar-refractivity contribution in [1.82, 2.24) is 0 Å². The summed E-state index contributed by atoms with van der Waals surface area (Å²) >= 11 is 0. The van der Waals surface area contributed by atoms with Gasteiger partial charge in [-0.05, 0) is 0 Å². The second kappa shape index (κ2) is 51.7. The van der Waals surface area contributed by atoms with Crippen LogP contribution in [0.15, 0.2) is 24.3 Å². The molecule has 0 N–H and O–H groups in total. The van der Waals surface area contributed by atoms with Crippen LogP contribution < -0.4 is 0 Å². The van der Waals surface area contributed by atoms with Crippen LogP contribution in [0.2, 0.25) is 0 Å². The summed E-state index contributed by atoms with van der Waals surface area (Å²) in [6.07, 6.45) is 72.2. The fourth-order valence-corrected chi connectivity index (χ4v) is 22.6. The minimum atomic E-state index is -1.11.